The molecule has 0 aliphatic heterocycles. The number of benzene rings is 6. The first kappa shape index (κ1) is 26.3. The molecule has 0 radical (unpaired) electrons. The highest BCUT2D eigenvalue weighted by Crippen LogP contribution is 2.51. The van der Waals surface area contributed by atoms with Crippen LogP contribution in [-0.2, 0) is 9.13 Å². The zero-order valence-electron chi connectivity index (χ0n) is 22.6. The first-order valence-electron chi connectivity index (χ1n) is 13.4. The summed E-state index contributed by atoms with van der Waals surface area (Å²) in [7, 11) is -6.99. The second-order valence-corrected chi connectivity index (χ2v) is 15.5. The highest BCUT2D eigenvalue weighted by molar-refractivity contribution is 7.91. The van der Waals surface area contributed by atoms with E-state index in [-0.39, 0.29) is 0 Å². The maximum absolute atomic E-state index is 16.0. The molecule has 0 N–H and O–H groups in total. The summed E-state index contributed by atoms with van der Waals surface area (Å²) in [5.74, 6) is 0. The van der Waals surface area contributed by atoms with E-state index in [2.05, 4.69) is 12.1 Å². The molecular formula is C36H30O2P2. The van der Waals surface area contributed by atoms with Crippen LogP contribution in [0.25, 0.3) is 10.8 Å². The Bertz CT molecular complexity index is 1670. The Labute approximate surface area is 236 Å². The van der Waals surface area contributed by atoms with Gasteiger partial charge in [0.1, 0.15) is 0 Å². The summed E-state index contributed by atoms with van der Waals surface area (Å²) in [5, 5.41) is 6.33. The molecule has 0 fully saturated rings. The molecule has 0 bridgehead atoms. The molecule has 6 rings (SSSR count). The molecule has 0 spiro atoms. The smallest absolute Gasteiger partial charge is 0.172 e. The van der Waals surface area contributed by atoms with Crippen LogP contribution in [0.3, 0.4) is 0 Å². The van der Waals surface area contributed by atoms with Crippen LogP contribution >= 0.6 is 14.3 Å². The van der Waals surface area contributed by atoms with Gasteiger partial charge in [0.05, 0.1) is 0 Å². The van der Waals surface area contributed by atoms with E-state index >= 15 is 9.13 Å². The number of hydrogen-bond donors (Lipinski definition) is 0. The molecule has 0 amide bonds. The van der Waals surface area contributed by atoms with Gasteiger partial charge in [-0.1, -0.05) is 146 Å². The van der Waals surface area contributed by atoms with Crippen molar-refractivity contribution in [2.24, 2.45) is 0 Å². The van der Waals surface area contributed by atoms with Crippen LogP contribution in [0, 0.1) is 13.8 Å². The van der Waals surface area contributed by atoms with Gasteiger partial charge in [0.25, 0.3) is 0 Å². The molecule has 0 atom stereocenters. The van der Waals surface area contributed by atoms with Crippen molar-refractivity contribution in [2.75, 3.05) is 0 Å². The zero-order chi connectivity index (χ0) is 27.7. The molecule has 6 aromatic carbocycles. The van der Waals surface area contributed by atoms with Gasteiger partial charge in [-0.15, -0.1) is 0 Å². The number of rotatable bonds is 6. The molecule has 0 unspecified atom stereocenters. The van der Waals surface area contributed by atoms with Gasteiger partial charge in [-0.2, -0.15) is 0 Å². The van der Waals surface area contributed by atoms with E-state index in [9.17, 15) is 0 Å². The minimum absolute atomic E-state index is 0.678. The molecule has 196 valence electrons. The van der Waals surface area contributed by atoms with E-state index < -0.39 is 14.3 Å². The van der Waals surface area contributed by atoms with E-state index in [1.807, 2.05) is 147 Å². The van der Waals surface area contributed by atoms with Crippen LogP contribution in [0.4, 0.5) is 0 Å². The lowest BCUT2D eigenvalue weighted by atomic mass is 10.0. The van der Waals surface area contributed by atoms with Crippen LogP contribution in [0.1, 0.15) is 11.1 Å². The minimum atomic E-state index is -3.49. The Morgan fingerprint density at radius 2 is 0.575 bits per heavy atom. The quantitative estimate of drug-likeness (QED) is 0.213. The Hall–Kier alpha value is -3.96. The summed E-state index contributed by atoms with van der Waals surface area (Å²) in [4.78, 5) is 0. The summed E-state index contributed by atoms with van der Waals surface area (Å²) in [6.45, 7) is 4.08. The van der Waals surface area contributed by atoms with Gasteiger partial charge in [-0.05, 0) is 35.7 Å². The van der Waals surface area contributed by atoms with Crippen molar-refractivity contribution in [2.45, 2.75) is 13.8 Å². The van der Waals surface area contributed by atoms with Gasteiger partial charge in [0.15, 0.2) is 14.3 Å². The zero-order valence-corrected chi connectivity index (χ0v) is 24.4. The second-order valence-electron chi connectivity index (χ2n) is 10.1. The average molecular weight is 557 g/mol. The van der Waals surface area contributed by atoms with E-state index in [0.29, 0.717) is 10.6 Å². The molecule has 0 aromatic heterocycles. The van der Waals surface area contributed by atoms with Gasteiger partial charge in [-0.25, -0.2) is 0 Å². The fraction of sp³-hybridized carbons (Fsp3) is 0.0556. The molecule has 2 nitrogen and oxygen atoms in total. The van der Waals surface area contributed by atoms with Crippen LogP contribution in [0.2, 0.25) is 0 Å². The van der Waals surface area contributed by atoms with Crippen molar-refractivity contribution in [1.82, 2.24) is 0 Å². The molecule has 0 aliphatic carbocycles. The Morgan fingerprint density at radius 3 is 0.825 bits per heavy atom. The number of aryl methyl sites for hydroxylation is 2. The molecule has 0 aliphatic rings. The van der Waals surface area contributed by atoms with E-state index in [1.54, 1.807) is 0 Å². The SMILES string of the molecule is Cc1c(P(=O)(c2ccccc2)c2ccccc2)c(P(=O)(c2ccccc2)c2ccccc2)c(C)c2ccccc12. The minimum Gasteiger partial charge on any atom is -0.309 e. The predicted octanol–water partition coefficient (Wildman–Crippen LogP) is 6.74. The van der Waals surface area contributed by atoms with Crippen LogP contribution < -0.4 is 31.8 Å². The van der Waals surface area contributed by atoms with Crippen molar-refractivity contribution in [1.29, 1.82) is 0 Å². The Balaban J connectivity index is 1.88. The van der Waals surface area contributed by atoms with Gasteiger partial charge in [0, 0.05) is 31.8 Å². The Morgan fingerprint density at radius 1 is 0.350 bits per heavy atom. The largest absolute Gasteiger partial charge is 0.309 e. The summed E-state index contributed by atoms with van der Waals surface area (Å²) in [6.07, 6.45) is 0. The predicted molar refractivity (Wildman–Crippen MR) is 172 cm³/mol. The van der Waals surface area contributed by atoms with Gasteiger partial charge in [0.2, 0.25) is 0 Å². The lowest BCUT2D eigenvalue weighted by Crippen LogP contribution is -2.41. The maximum atomic E-state index is 16.0. The van der Waals surface area contributed by atoms with Crippen LogP contribution in [0.15, 0.2) is 146 Å². The van der Waals surface area contributed by atoms with Gasteiger partial charge < -0.3 is 9.13 Å². The van der Waals surface area contributed by atoms with E-state index in [1.165, 1.54) is 0 Å². The molecule has 4 heteroatoms. The summed E-state index contributed by atoms with van der Waals surface area (Å²) in [5.41, 5.74) is 1.80. The second kappa shape index (κ2) is 10.5. The van der Waals surface area contributed by atoms with E-state index in [4.69, 9.17) is 0 Å². The normalized spacial score (nSPS) is 11.9. The third-order valence-corrected chi connectivity index (χ3v) is 14.4. The molecule has 0 heterocycles. The van der Waals surface area contributed by atoms with Gasteiger partial charge in [-0.3, -0.25) is 0 Å². The maximum Gasteiger partial charge on any atom is 0.172 e. The van der Waals surface area contributed by atoms with Crippen LogP contribution in [0.5, 0.6) is 0 Å². The lowest BCUT2D eigenvalue weighted by Gasteiger charge is -2.31. The first-order valence-corrected chi connectivity index (χ1v) is 16.8. The van der Waals surface area contributed by atoms with Crippen molar-refractivity contribution in [3.05, 3.63) is 157 Å². The summed E-state index contributed by atoms with van der Waals surface area (Å²) < 4.78 is 32.1. The summed E-state index contributed by atoms with van der Waals surface area (Å²) >= 11 is 0. The van der Waals surface area contributed by atoms with Crippen molar-refractivity contribution < 1.29 is 9.13 Å². The molecular weight excluding hydrogens is 526 g/mol. The van der Waals surface area contributed by atoms with Crippen molar-refractivity contribution in [3.8, 4) is 0 Å². The standard InChI is InChI=1S/C36H30O2P2/c1-27-33-25-15-16-26-34(33)28(2)36(40(38,31-21-11-5-12-22-31)32-23-13-6-14-24-32)35(27)39(37,29-17-7-3-8-18-29)30-19-9-4-10-20-30/h3-26H,1-2H3. The third-order valence-electron chi connectivity index (χ3n) is 7.78. The fourth-order valence-corrected chi connectivity index (χ4v) is 12.8. The highest BCUT2D eigenvalue weighted by Gasteiger charge is 2.42. The Kier molecular flexibility index (Phi) is 6.93. The van der Waals surface area contributed by atoms with Crippen molar-refractivity contribution >= 4 is 56.9 Å². The molecule has 40 heavy (non-hydrogen) atoms. The molecule has 0 saturated carbocycles. The molecule has 6 aromatic rings. The lowest BCUT2D eigenvalue weighted by molar-refractivity contribution is 0.590. The molecule has 0 saturated heterocycles. The van der Waals surface area contributed by atoms with Gasteiger partial charge >= 0.3 is 0 Å². The highest BCUT2D eigenvalue weighted by atomic mass is 31.2. The fourth-order valence-electron chi connectivity index (χ4n) is 5.88. The topological polar surface area (TPSA) is 34.1 Å². The van der Waals surface area contributed by atoms with Crippen molar-refractivity contribution in [3.63, 3.8) is 0 Å². The van der Waals surface area contributed by atoms with Crippen LogP contribution in [-0.4, -0.2) is 0 Å². The van der Waals surface area contributed by atoms with E-state index in [0.717, 1.165) is 43.1 Å². The monoisotopic (exact) mass is 556 g/mol. The third kappa shape index (κ3) is 4.11. The summed E-state index contributed by atoms with van der Waals surface area (Å²) in [6, 6.07) is 47.0. The number of fused-ring (bicyclic) bond motifs is 1. The first-order chi connectivity index (χ1) is 19.5. The number of hydrogen-bond acceptors (Lipinski definition) is 2. The average Bonchev–Trinajstić information content (AvgIpc) is 3.03.